The van der Waals surface area contributed by atoms with Crippen molar-refractivity contribution in [3.63, 3.8) is 0 Å². The van der Waals surface area contributed by atoms with Crippen LogP contribution in [0.15, 0.2) is 24.3 Å². The molecule has 0 aromatic heterocycles. The van der Waals surface area contributed by atoms with Crippen molar-refractivity contribution in [2.24, 2.45) is 47.3 Å². The Morgan fingerprint density at radius 1 is 0.400 bits per heavy atom. The Kier molecular flexibility index (Phi) is 8.85. The van der Waals surface area contributed by atoms with E-state index in [2.05, 4.69) is 48.0 Å². The fraction of sp³-hybridized carbons (Fsp3) is 0.895. The molecule has 2 saturated heterocycles. The van der Waals surface area contributed by atoms with Gasteiger partial charge >= 0.3 is 0 Å². The highest BCUT2D eigenvalue weighted by Gasteiger charge is 2.51. The Bertz CT molecular complexity index is 794. The topological polar surface area (TPSA) is 6.48 Å². The second kappa shape index (κ2) is 12.6. The van der Waals surface area contributed by atoms with Crippen molar-refractivity contribution in [1.29, 1.82) is 0 Å². The molecule has 5 saturated carbocycles. The molecule has 7 fully saturated rings. The van der Waals surface area contributed by atoms with E-state index in [0.717, 1.165) is 71.5 Å². The lowest BCUT2D eigenvalue weighted by Gasteiger charge is -2.36. The molecule has 224 valence electrons. The molecule has 2 heterocycles. The second-order valence-corrected chi connectivity index (χ2v) is 15.8. The Morgan fingerprint density at radius 3 is 1.25 bits per heavy atom. The van der Waals surface area contributed by atoms with Crippen LogP contribution in [0, 0.1) is 47.3 Å². The SMILES string of the molecule is CCN1C2CCCCC2C2CCC(C=CC3CCCC(C=CC4CCC5C6CCCCC6N(CC)C5C4)C3)CC21. The first-order valence-corrected chi connectivity index (χ1v) is 18.6. The van der Waals surface area contributed by atoms with Crippen LogP contribution in [0.3, 0.4) is 0 Å². The van der Waals surface area contributed by atoms with Crippen LogP contribution in [-0.2, 0) is 0 Å². The third-order valence-electron chi connectivity index (χ3n) is 14.0. The minimum absolute atomic E-state index is 0.832. The molecule has 0 amide bonds. The highest BCUT2D eigenvalue weighted by molar-refractivity contribution is 5.09. The number of allylic oxidation sites excluding steroid dienone is 4. The van der Waals surface area contributed by atoms with Gasteiger partial charge in [0.1, 0.15) is 0 Å². The van der Waals surface area contributed by atoms with Crippen molar-refractivity contribution >= 4 is 0 Å². The van der Waals surface area contributed by atoms with Crippen LogP contribution in [0.4, 0.5) is 0 Å². The maximum absolute atomic E-state index is 2.97. The predicted molar refractivity (Wildman–Crippen MR) is 169 cm³/mol. The lowest BCUT2D eigenvalue weighted by atomic mass is 9.70. The molecule has 12 unspecified atom stereocenters. The molecule has 0 aromatic carbocycles. The zero-order valence-corrected chi connectivity index (χ0v) is 26.3. The molecule has 0 N–H and O–H groups in total. The molecular weight excluding hydrogens is 484 g/mol. The quantitative estimate of drug-likeness (QED) is 0.306. The van der Waals surface area contributed by atoms with Gasteiger partial charge < -0.3 is 0 Å². The third-order valence-corrected chi connectivity index (χ3v) is 14.0. The average Bonchev–Trinajstić information content (AvgIpc) is 3.50. The van der Waals surface area contributed by atoms with Gasteiger partial charge in [-0.05, 0) is 144 Å². The minimum atomic E-state index is 0.832. The van der Waals surface area contributed by atoms with E-state index < -0.39 is 0 Å². The molecule has 0 spiro atoms. The van der Waals surface area contributed by atoms with Gasteiger partial charge in [0.25, 0.3) is 0 Å². The molecule has 2 heteroatoms. The summed E-state index contributed by atoms with van der Waals surface area (Å²) in [6, 6.07) is 3.65. The molecule has 2 aliphatic heterocycles. The van der Waals surface area contributed by atoms with Crippen molar-refractivity contribution in [1.82, 2.24) is 9.80 Å². The molecular formula is C38H62N2. The Labute approximate surface area is 247 Å². The van der Waals surface area contributed by atoms with E-state index in [0.29, 0.717) is 0 Å². The highest BCUT2D eigenvalue weighted by atomic mass is 15.2. The highest BCUT2D eigenvalue weighted by Crippen LogP contribution is 2.52. The summed E-state index contributed by atoms with van der Waals surface area (Å²) in [5, 5.41) is 0. The number of likely N-dealkylation sites (tertiary alicyclic amines) is 2. The van der Waals surface area contributed by atoms with Crippen molar-refractivity contribution in [3.8, 4) is 0 Å². The summed E-state index contributed by atoms with van der Waals surface area (Å²) >= 11 is 0. The molecule has 2 nitrogen and oxygen atoms in total. The van der Waals surface area contributed by atoms with Crippen LogP contribution < -0.4 is 0 Å². The van der Waals surface area contributed by atoms with Crippen LogP contribution in [0.2, 0.25) is 0 Å². The van der Waals surface area contributed by atoms with Gasteiger partial charge in [0.15, 0.2) is 0 Å². The van der Waals surface area contributed by atoms with Crippen molar-refractivity contribution in [2.75, 3.05) is 13.1 Å². The van der Waals surface area contributed by atoms with Crippen LogP contribution >= 0.6 is 0 Å². The lowest BCUT2D eigenvalue weighted by Crippen LogP contribution is -2.40. The van der Waals surface area contributed by atoms with Gasteiger partial charge in [-0.1, -0.05) is 70.3 Å². The molecule has 0 radical (unpaired) electrons. The van der Waals surface area contributed by atoms with E-state index >= 15 is 0 Å². The first-order chi connectivity index (χ1) is 19.7. The Morgan fingerprint density at radius 2 is 0.800 bits per heavy atom. The van der Waals surface area contributed by atoms with E-state index in [1.807, 2.05) is 0 Å². The van der Waals surface area contributed by atoms with Gasteiger partial charge in [-0.25, -0.2) is 0 Å². The van der Waals surface area contributed by atoms with Gasteiger partial charge in [-0.2, -0.15) is 0 Å². The summed E-state index contributed by atoms with van der Waals surface area (Å²) in [5.74, 6) is 7.47. The number of rotatable bonds is 6. The van der Waals surface area contributed by atoms with E-state index in [9.17, 15) is 0 Å². The summed E-state index contributed by atoms with van der Waals surface area (Å²) in [6.45, 7) is 7.45. The Hall–Kier alpha value is -0.600. The normalized spacial score (nSPS) is 48.2. The zero-order valence-electron chi connectivity index (χ0n) is 26.3. The lowest BCUT2D eigenvalue weighted by molar-refractivity contribution is 0.135. The second-order valence-electron chi connectivity index (χ2n) is 15.8. The van der Waals surface area contributed by atoms with Crippen LogP contribution in [0.25, 0.3) is 0 Å². The Balaban J connectivity index is 0.917. The van der Waals surface area contributed by atoms with E-state index in [1.54, 1.807) is 0 Å². The molecule has 7 aliphatic rings. The van der Waals surface area contributed by atoms with E-state index in [4.69, 9.17) is 0 Å². The molecule has 7 rings (SSSR count). The first kappa shape index (κ1) is 28.2. The van der Waals surface area contributed by atoms with Gasteiger partial charge in [-0.3, -0.25) is 9.80 Å². The third kappa shape index (κ3) is 5.44. The standard InChI is InChI=1S/C38H62N2/c1-3-39-35-14-7-5-12-31(35)33-22-20-29(25-37(33)39)18-16-27-10-9-11-28(24-27)17-19-30-21-23-34-32-13-6-8-15-36(32)40(4-2)38(34)26-30/h16-19,27-38H,3-15,20-26H2,1-2H3. The molecule has 5 aliphatic carbocycles. The van der Waals surface area contributed by atoms with Crippen molar-refractivity contribution < 1.29 is 0 Å². The minimum Gasteiger partial charge on any atom is -0.297 e. The summed E-state index contributed by atoms with van der Waals surface area (Å²) in [4.78, 5) is 5.95. The fourth-order valence-electron chi connectivity index (χ4n) is 12.3. The average molecular weight is 547 g/mol. The molecule has 0 aromatic rings. The number of nitrogens with zero attached hydrogens (tertiary/aromatic N) is 2. The summed E-state index contributed by atoms with van der Waals surface area (Å²) in [6.07, 6.45) is 37.5. The van der Waals surface area contributed by atoms with E-state index in [-0.39, 0.29) is 0 Å². The zero-order chi connectivity index (χ0) is 27.1. The van der Waals surface area contributed by atoms with Gasteiger partial charge in [0.2, 0.25) is 0 Å². The van der Waals surface area contributed by atoms with Crippen LogP contribution in [0.1, 0.15) is 129 Å². The van der Waals surface area contributed by atoms with Gasteiger partial charge in [-0.15, -0.1) is 0 Å². The number of hydrogen-bond acceptors (Lipinski definition) is 2. The molecule has 12 atom stereocenters. The summed E-state index contributed by atoms with van der Waals surface area (Å²) < 4.78 is 0. The first-order valence-electron chi connectivity index (χ1n) is 18.6. The van der Waals surface area contributed by atoms with Crippen molar-refractivity contribution in [2.45, 2.75) is 154 Å². The number of hydrogen-bond donors (Lipinski definition) is 0. The van der Waals surface area contributed by atoms with Crippen LogP contribution in [0.5, 0.6) is 0 Å². The summed E-state index contributed by atoms with van der Waals surface area (Å²) in [7, 11) is 0. The monoisotopic (exact) mass is 546 g/mol. The van der Waals surface area contributed by atoms with Crippen LogP contribution in [-0.4, -0.2) is 47.1 Å². The molecule has 40 heavy (non-hydrogen) atoms. The molecule has 0 bridgehead atoms. The van der Waals surface area contributed by atoms with Gasteiger partial charge in [0, 0.05) is 24.2 Å². The largest absolute Gasteiger partial charge is 0.297 e. The van der Waals surface area contributed by atoms with E-state index in [1.165, 1.54) is 129 Å². The predicted octanol–water partition coefficient (Wildman–Crippen LogP) is 9.26. The fourth-order valence-corrected chi connectivity index (χ4v) is 12.3. The maximum Gasteiger partial charge on any atom is 0.0135 e. The summed E-state index contributed by atoms with van der Waals surface area (Å²) in [5.41, 5.74) is 0. The maximum atomic E-state index is 2.97. The number of fused-ring (bicyclic) bond motifs is 6. The van der Waals surface area contributed by atoms with Crippen molar-refractivity contribution in [3.05, 3.63) is 24.3 Å². The smallest absolute Gasteiger partial charge is 0.0135 e. The van der Waals surface area contributed by atoms with Gasteiger partial charge in [0.05, 0.1) is 0 Å².